The van der Waals surface area contributed by atoms with Crippen molar-refractivity contribution in [1.29, 1.82) is 0 Å². The van der Waals surface area contributed by atoms with Gasteiger partial charge < -0.3 is 10.2 Å². The van der Waals surface area contributed by atoms with Crippen LogP contribution < -0.4 is 10.2 Å². The van der Waals surface area contributed by atoms with E-state index in [1.807, 2.05) is 31.1 Å². The van der Waals surface area contributed by atoms with E-state index in [4.69, 9.17) is 0 Å². The van der Waals surface area contributed by atoms with E-state index < -0.39 is 0 Å². The van der Waals surface area contributed by atoms with Crippen LogP contribution in [0.2, 0.25) is 0 Å². The summed E-state index contributed by atoms with van der Waals surface area (Å²) in [4.78, 5) is 14.5. The summed E-state index contributed by atoms with van der Waals surface area (Å²) in [6, 6.07) is 5.76. The van der Waals surface area contributed by atoms with Gasteiger partial charge in [0.1, 0.15) is 5.82 Å². The number of rotatable bonds is 4. The number of pyridine rings is 1. The molecule has 1 N–H and O–H groups in total. The van der Waals surface area contributed by atoms with Crippen molar-refractivity contribution in [3.63, 3.8) is 0 Å². The SMILES string of the molecule is CN(C)c1ncccc1CNc1ncccn1. The molecule has 2 rings (SSSR count). The number of anilines is 2. The molecule has 88 valence electrons. The Morgan fingerprint density at radius 2 is 1.76 bits per heavy atom. The molecule has 0 fully saturated rings. The lowest BCUT2D eigenvalue weighted by atomic mass is 10.2. The van der Waals surface area contributed by atoms with Gasteiger partial charge in [0.15, 0.2) is 0 Å². The first-order valence-electron chi connectivity index (χ1n) is 5.39. The van der Waals surface area contributed by atoms with Crippen LogP contribution in [-0.4, -0.2) is 29.0 Å². The molecule has 0 atom stereocenters. The second-order valence-electron chi connectivity index (χ2n) is 3.81. The summed E-state index contributed by atoms with van der Waals surface area (Å²) in [5.41, 5.74) is 1.12. The maximum Gasteiger partial charge on any atom is 0.222 e. The Morgan fingerprint density at radius 1 is 1.06 bits per heavy atom. The molecule has 0 amide bonds. The highest BCUT2D eigenvalue weighted by Crippen LogP contribution is 2.15. The van der Waals surface area contributed by atoms with Crippen LogP contribution in [0.3, 0.4) is 0 Å². The summed E-state index contributed by atoms with van der Waals surface area (Å²) in [5, 5.41) is 3.17. The highest BCUT2D eigenvalue weighted by atomic mass is 15.1. The maximum atomic E-state index is 4.34. The first kappa shape index (κ1) is 11.3. The first-order valence-corrected chi connectivity index (χ1v) is 5.39. The number of hydrogen-bond donors (Lipinski definition) is 1. The Bertz CT molecular complexity index is 469. The fraction of sp³-hybridized carbons (Fsp3) is 0.250. The number of nitrogens with one attached hydrogen (secondary N) is 1. The molecule has 17 heavy (non-hydrogen) atoms. The normalized spacial score (nSPS) is 10.0. The van der Waals surface area contributed by atoms with E-state index in [2.05, 4.69) is 20.3 Å². The lowest BCUT2D eigenvalue weighted by molar-refractivity contribution is 0.994. The first-order chi connectivity index (χ1) is 8.27. The van der Waals surface area contributed by atoms with Crippen molar-refractivity contribution in [1.82, 2.24) is 15.0 Å². The Labute approximate surface area is 101 Å². The Kier molecular flexibility index (Phi) is 3.49. The van der Waals surface area contributed by atoms with Gasteiger partial charge in [0.25, 0.3) is 0 Å². The van der Waals surface area contributed by atoms with Crippen LogP contribution in [0.4, 0.5) is 11.8 Å². The molecule has 2 aromatic rings. The fourth-order valence-electron chi connectivity index (χ4n) is 1.54. The largest absolute Gasteiger partial charge is 0.362 e. The minimum atomic E-state index is 0.626. The van der Waals surface area contributed by atoms with Gasteiger partial charge in [-0.15, -0.1) is 0 Å². The molecule has 2 aromatic heterocycles. The molecule has 0 aliphatic carbocycles. The third-order valence-electron chi connectivity index (χ3n) is 2.29. The topological polar surface area (TPSA) is 53.9 Å². The summed E-state index contributed by atoms with van der Waals surface area (Å²) < 4.78 is 0. The molecule has 2 heterocycles. The van der Waals surface area contributed by atoms with Crippen molar-refractivity contribution < 1.29 is 0 Å². The second-order valence-corrected chi connectivity index (χ2v) is 3.81. The van der Waals surface area contributed by atoms with E-state index in [0.29, 0.717) is 12.5 Å². The third-order valence-corrected chi connectivity index (χ3v) is 2.29. The predicted octanol–water partition coefficient (Wildman–Crippen LogP) is 1.55. The molecule has 5 heteroatoms. The molecule has 0 aromatic carbocycles. The zero-order valence-corrected chi connectivity index (χ0v) is 9.96. The molecule has 0 radical (unpaired) electrons. The van der Waals surface area contributed by atoms with Crippen molar-refractivity contribution in [2.45, 2.75) is 6.54 Å². The van der Waals surface area contributed by atoms with Gasteiger partial charge in [-0.2, -0.15) is 0 Å². The van der Waals surface area contributed by atoms with Crippen LogP contribution in [0.1, 0.15) is 5.56 Å². The van der Waals surface area contributed by atoms with Crippen molar-refractivity contribution in [3.05, 3.63) is 42.4 Å². The zero-order valence-electron chi connectivity index (χ0n) is 9.96. The third kappa shape index (κ3) is 2.90. The van der Waals surface area contributed by atoms with Crippen molar-refractivity contribution in [2.75, 3.05) is 24.3 Å². The van der Waals surface area contributed by atoms with Gasteiger partial charge in [-0.1, -0.05) is 6.07 Å². The number of hydrogen-bond acceptors (Lipinski definition) is 5. The van der Waals surface area contributed by atoms with E-state index in [-0.39, 0.29) is 0 Å². The minimum Gasteiger partial charge on any atom is -0.362 e. The maximum absolute atomic E-state index is 4.34. The number of aromatic nitrogens is 3. The minimum absolute atomic E-state index is 0.626. The Balaban J connectivity index is 2.09. The van der Waals surface area contributed by atoms with Crippen LogP contribution in [0.25, 0.3) is 0 Å². The van der Waals surface area contributed by atoms with Gasteiger partial charge in [0.2, 0.25) is 5.95 Å². The lowest BCUT2D eigenvalue weighted by Crippen LogP contribution is -2.15. The van der Waals surface area contributed by atoms with Gasteiger partial charge in [-0.05, 0) is 12.1 Å². The van der Waals surface area contributed by atoms with Crippen LogP contribution in [-0.2, 0) is 6.54 Å². The van der Waals surface area contributed by atoms with Gasteiger partial charge in [0, 0.05) is 44.8 Å². The van der Waals surface area contributed by atoms with Gasteiger partial charge >= 0.3 is 0 Å². The Morgan fingerprint density at radius 3 is 2.47 bits per heavy atom. The van der Waals surface area contributed by atoms with Gasteiger partial charge in [0.05, 0.1) is 0 Å². The fourth-order valence-corrected chi connectivity index (χ4v) is 1.54. The van der Waals surface area contributed by atoms with Gasteiger partial charge in [-0.25, -0.2) is 15.0 Å². The quantitative estimate of drug-likeness (QED) is 0.862. The molecule has 0 bridgehead atoms. The van der Waals surface area contributed by atoms with Crippen LogP contribution >= 0.6 is 0 Å². The van der Waals surface area contributed by atoms with Crippen LogP contribution in [0.5, 0.6) is 0 Å². The number of nitrogens with zero attached hydrogens (tertiary/aromatic N) is 4. The molecule has 0 aliphatic heterocycles. The average Bonchev–Trinajstić information content (AvgIpc) is 2.38. The van der Waals surface area contributed by atoms with E-state index in [1.54, 1.807) is 24.7 Å². The molecular formula is C12H15N5. The standard InChI is InChI=1S/C12H15N5/c1-17(2)11-10(5-3-6-13-11)9-16-12-14-7-4-8-15-12/h3-8H,9H2,1-2H3,(H,14,15,16). The average molecular weight is 229 g/mol. The van der Waals surface area contributed by atoms with E-state index in [9.17, 15) is 0 Å². The Hall–Kier alpha value is -2.17. The highest BCUT2D eigenvalue weighted by Gasteiger charge is 2.05. The van der Waals surface area contributed by atoms with E-state index >= 15 is 0 Å². The molecule has 0 spiro atoms. The molecule has 0 saturated carbocycles. The van der Waals surface area contributed by atoms with E-state index in [1.165, 1.54) is 0 Å². The lowest BCUT2D eigenvalue weighted by Gasteiger charge is -2.15. The van der Waals surface area contributed by atoms with Crippen molar-refractivity contribution in [2.24, 2.45) is 0 Å². The monoisotopic (exact) mass is 229 g/mol. The summed E-state index contributed by atoms with van der Waals surface area (Å²) in [6.45, 7) is 0.658. The van der Waals surface area contributed by atoms with E-state index in [0.717, 1.165) is 11.4 Å². The van der Waals surface area contributed by atoms with Crippen LogP contribution in [0, 0.1) is 0 Å². The molecule has 5 nitrogen and oxygen atoms in total. The summed E-state index contributed by atoms with van der Waals surface area (Å²) in [5.74, 6) is 1.58. The van der Waals surface area contributed by atoms with Crippen molar-refractivity contribution >= 4 is 11.8 Å². The van der Waals surface area contributed by atoms with Gasteiger partial charge in [-0.3, -0.25) is 0 Å². The van der Waals surface area contributed by atoms with Crippen molar-refractivity contribution in [3.8, 4) is 0 Å². The zero-order chi connectivity index (χ0) is 12.1. The highest BCUT2D eigenvalue weighted by molar-refractivity contribution is 5.46. The molecule has 0 unspecified atom stereocenters. The molecule has 0 saturated heterocycles. The second kappa shape index (κ2) is 5.25. The smallest absolute Gasteiger partial charge is 0.222 e. The van der Waals surface area contributed by atoms with Crippen LogP contribution in [0.15, 0.2) is 36.8 Å². The summed E-state index contributed by atoms with van der Waals surface area (Å²) in [7, 11) is 3.95. The molecular weight excluding hydrogens is 214 g/mol. The molecule has 0 aliphatic rings. The summed E-state index contributed by atoms with van der Waals surface area (Å²) in [6.07, 6.45) is 5.22. The summed E-state index contributed by atoms with van der Waals surface area (Å²) >= 11 is 0. The predicted molar refractivity (Wildman–Crippen MR) is 67.9 cm³/mol.